The molecule has 0 aromatic rings. The van der Waals surface area contributed by atoms with Gasteiger partial charge in [0, 0.05) is 18.6 Å². The van der Waals surface area contributed by atoms with E-state index in [0.29, 0.717) is 0 Å². The lowest BCUT2D eigenvalue weighted by atomic mass is 9.94. The molecule has 0 saturated carbocycles. The van der Waals surface area contributed by atoms with Crippen LogP contribution >= 0.6 is 0 Å². The van der Waals surface area contributed by atoms with E-state index in [4.69, 9.17) is 0 Å². The summed E-state index contributed by atoms with van der Waals surface area (Å²) in [6.07, 6.45) is 8.93. The molecule has 1 saturated heterocycles. The van der Waals surface area contributed by atoms with Gasteiger partial charge in [-0.2, -0.15) is 0 Å². The SMILES string of the molecule is CCCCCCCC(C)(C)N1CCC(O)C1. The number of rotatable bonds is 7. The van der Waals surface area contributed by atoms with Crippen LogP contribution < -0.4 is 0 Å². The highest BCUT2D eigenvalue weighted by Gasteiger charge is 2.31. The minimum absolute atomic E-state index is 0.0839. The van der Waals surface area contributed by atoms with Gasteiger partial charge in [0.15, 0.2) is 0 Å². The molecule has 0 aromatic carbocycles. The first-order chi connectivity index (χ1) is 7.56. The minimum Gasteiger partial charge on any atom is -0.392 e. The zero-order valence-corrected chi connectivity index (χ0v) is 11.3. The number of hydrogen-bond donors (Lipinski definition) is 1. The fourth-order valence-electron chi connectivity index (χ4n) is 2.61. The number of aliphatic hydroxyl groups is 1. The molecule has 1 rings (SSSR count). The first kappa shape index (κ1) is 14.0. The number of nitrogens with zero attached hydrogens (tertiary/aromatic N) is 1. The van der Waals surface area contributed by atoms with Crippen LogP contribution in [0.2, 0.25) is 0 Å². The van der Waals surface area contributed by atoms with Crippen LogP contribution in [-0.4, -0.2) is 34.7 Å². The third-order valence-electron chi connectivity index (χ3n) is 3.91. The lowest BCUT2D eigenvalue weighted by molar-refractivity contribution is 0.109. The molecular formula is C14H29NO. The molecule has 0 spiro atoms. The van der Waals surface area contributed by atoms with Crippen LogP contribution in [0.3, 0.4) is 0 Å². The molecule has 0 amide bonds. The van der Waals surface area contributed by atoms with Gasteiger partial charge in [-0.1, -0.05) is 39.0 Å². The smallest absolute Gasteiger partial charge is 0.0679 e. The molecule has 2 nitrogen and oxygen atoms in total. The van der Waals surface area contributed by atoms with E-state index >= 15 is 0 Å². The normalized spacial score (nSPS) is 22.9. The monoisotopic (exact) mass is 227 g/mol. The average Bonchev–Trinajstić information content (AvgIpc) is 2.65. The second kappa shape index (κ2) is 6.61. The summed E-state index contributed by atoms with van der Waals surface area (Å²) < 4.78 is 0. The maximum absolute atomic E-state index is 9.56. The highest BCUT2D eigenvalue weighted by atomic mass is 16.3. The highest BCUT2D eigenvalue weighted by Crippen LogP contribution is 2.26. The van der Waals surface area contributed by atoms with Crippen molar-refractivity contribution in [2.45, 2.75) is 77.4 Å². The number of hydrogen-bond acceptors (Lipinski definition) is 2. The van der Waals surface area contributed by atoms with E-state index in [1.165, 1.54) is 38.5 Å². The number of aliphatic hydroxyl groups excluding tert-OH is 1. The van der Waals surface area contributed by atoms with Crippen molar-refractivity contribution in [3.05, 3.63) is 0 Å². The predicted molar refractivity (Wildman–Crippen MR) is 69.7 cm³/mol. The molecule has 0 aliphatic carbocycles. The Kier molecular flexibility index (Phi) is 5.77. The van der Waals surface area contributed by atoms with Crippen molar-refractivity contribution in [2.24, 2.45) is 0 Å². The molecule has 1 atom stereocenters. The van der Waals surface area contributed by atoms with Crippen molar-refractivity contribution >= 4 is 0 Å². The Balaban J connectivity index is 2.18. The minimum atomic E-state index is -0.0839. The number of likely N-dealkylation sites (tertiary alicyclic amines) is 1. The van der Waals surface area contributed by atoms with Gasteiger partial charge in [0.05, 0.1) is 6.10 Å². The summed E-state index contributed by atoms with van der Waals surface area (Å²) in [7, 11) is 0. The Morgan fingerprint density at radius 1 is 1.19 bits per heavy atom. The highest BCUT2D eigenvalue weighted by molar-refractivity contribution is 4.87. The molecular weight excluding hydrogens is 198 g/mol. The first-order valence-corrected chi connectivity index (χ1v) is 6.99. The molecule has 0 aromatic heterocycles. The van der Waals surface area contributed by atoms with E-state index < -0.39 is 0 Å². The summed E-state index contributed by atoms with van der Waals surface area (Å²) in [4.78, 5) is 2.46. The van der Waals surface area contributed by atoms with Gasteiger partial charge in [-0.05, 0) is 26.7 Å². The Labute approximate surface area is 101 Å². The van der Waals surface area contributed by atoms with Crippen molar-refractivity contribution < 1.29 is 5.11 Å². The van der Waals surface area contributed by atoms with E-state index in [-0.39, 0.29) is 11.6 Å². The van der Waals surface area contributed by atoms with Gasteiger partial charge in [0.2, 0.25) is 0 Å². The van der Waals surface area contributed by atoms with Crippen LogP contribution in [-0.2, 0) is 0 Å². The molecule has 1 N–H and O–H groups in total. The Hall–Kier alpha value is -0.0800. The second-order valence-corrected chi connectivity index (χ2v) is 5.87. The predicted octanol–water partition coefficient (Wildman–Crippen LogP) is 3.19. The quantitative estimate of drug-likeness (QED) is 0.675. The van der Waals surface area contributed by atoms with Crippen molar-refractivity contribution in [3.8, 4) is 0 Å². The lowest BCUT2D eigenvalue weighted by Gasteiger charge is -2.35. The van der Waals surface area contributed by atoms with Crippen LogP contribution in [0.15, 0.2) is 0 Å². The molecule has 1 heterocycles. The Morgan fingerprint density at radius 3 is 2.44 bits per heavy atom. The summed E-state index contributed by atoms with van der Waals surface area (Å²) in [6.45, 7) is 8.86. The van der Waals surface area contributed by atoms with Gasteiger partial charge >= 0.3 is 0 Å². The fourth-order valence-corrected chi connectivity index (χ4v) is 2.61. The fraction of sp³-hybridized carbons (Fsp3) is 1.00. The van der Waals surface area contributed by atoms with E-state index in [9.17, 15) is 5.11 Å². The van der Waals surface area contributed by atoms with Gasteiger partial charge in [-0.3, -0.25) is 4.90 Å². The lowest BCUT2D eigenvalue weighted by Crippen LogP contribution is -2.42. The van der Waals surface area contributed by atoms with Crippen LogP contribution in [0.25, 0.3) is 0 Å². The maximum atomic E-state index is 9.56. The van der Waals surface area contributed by atoms with Crippen molar-refractivity contribution in [1.82, 2.24) is 4.90 Å². The maximum Gasteiger partial charge on any atom is 0.0679 e. The molecule has 1 aliphatic heterocycles. The second-order valence-electron chi connectivity index (χ2n) is 5.87. The summed E-state index contributed by atoms with van der Waals surface area (Å²) in [5.74, 6) is 0. The topological polar surface area (TPSA) is 23.5 Å². The van der Waals surface area contributed by atoms with Crippen LogP contribution in [0.1, 0.15) is 65.7 Å². The van der Waals surface area contributed by atoms with E-state index in [2.05, 4.69) is 25.7 Å². The summed E-state index contributed by atoms with van der Waals surface area (Å²) in [6, 6.07) is 0. The Bertz CT molecular complexity index is 191. The molecule has 1 fully saturated rings. The first-order valence-electron chi connectivity index (χ1n) is 6.99. The third kappa shape index (κ3) is 4.42. The largest absolute Gasteiger partial charge is 0.392 e. The third-order valence-corrected chi connectivity index (χ3v) is 3.91. The summed E-state index contributed by atoms with van der Waals surface area (Å²) in [5.41, 5.74) is 0.281. The molecule has 0 bridgehead atoms. The molecule has 1 aliphatic rings. The van der Waals surface area contributed by atoms with Gasteiger partial charge < -0.3 is 5.11 Å². The number of unbranched alkanes of at least 4 members (excludes halogenated alkanes) is 4. The molecule has 1 unspecified atom stereocenters. The van der Waals surface area contributed by atoms with Crippen molar-refractivity contribution in [3.63, 3.8) is 0 Å². The van der Waals surface area contributed by atoms with Crippen molar-refractivity contribution in [2.75, 3.05) is 13.1 Å². The van der Waals surface area contributed by atoms with Gasteiger partial charge in [0.1, 0.15) is 0 Å². The molecule has 16 heavy (non-hydrogen) atoms. The average molecular weight is 227 g/mol. The summed E-state index contributed by atoms with van der Waals surface area (Å²) in [5, 5.41) is 9.56. The summed E-state index contributed by atoms with van der Waals surface area (Å²) >= 11 is 0. The molecule has 2 heteroatoms. The molecule has 96 valence electrons. The number of β-amino-alcohol motifs (C(OH)–C–C–N with tert-alkyl or cyclic N) is 1. The standard InChI is InChI=1S/C14H29NO/c1-4-5-6-7-8-10-14(2,3)15-11-9-13(16)12-15/h13,16H,4-12H2,1-3H3. The van der Waals surface area contributed by atoms with Crippen LogP contribution in [0, 0.1) is 0 Å². The zero-order chi connectivity index (χ0) is 12.0. The van der Waals surface area contributed by atoms with Crippen LogP contribution in [0.4, 0.5) is 0 Å². The Morgan fingerprint density at radius 2 is 1.88 bits per heavy atom. The van der Waals surface area contributed by atoms with Crippen molar-refractivity contribution in [1.29, 1.82) is 0 Å². The van der Waals surface area contributed by atoms with E-state index in [1.54, 1.807) is 0 Å². The zero-order valence-electron chi connectivity index (χ0n) is 11.3. The van der Waals surface area contributed by atoms with Gasteiger partial charge in [0.25, 0.3) is 0 Å². The molecule has 0 radical (unpaired) electrons. The van der Waals surface area contributed by atoms with E-state index in [1.807, 2.05) is 0 Å². The van der Waals surface area contributed by atoms with Gasteiger partial charge in [-0.25, -0.2) is 0 Å². The van der Waals surface area contributed by atoms with Crippen LogP contribution in [0.5, 0.6) is 0 Å². The van der Waals surface area contributed by atoms with E-state index in [0.717, 1.165) is 19.5 Å². The van der Waals surface area contributed by atoms with Gasteiger partial charge in [-0.15, -0.1) is 0 Å².